The number of nitrogens with zero attached hydrogens (tertiary/aromatic N) is 3. The number of hydrogen-bond acceptors (Lipinski definition) is 5. The standard InChI is InChI=1S/C12H9ClFN3O3S/c1-7-15-16-12(20-7)6-17-5-11(21(13,18)19)9-4-8(14)2-3-10(9)17/h2-5H,6H2,1H3. The van der Waals surface area contributed by atoms with E-state index >= 15 is 0 Å². The molecule has 0 amide bonds. The van der Waals surface area contributed by atoms with E-state index in [1.54, 1.807) is 11.5 Å². The number of fused-ring (bicyclic) bond motifs is 1. The molecule has 0 spiro atoms. The van der Waals surface area contributed by atoms with E-state index in [9.17, 15) is 12.8 Å². The Morgan fingerprint density at radius 2 is 2.14 bits per heavy atom. The van der Waals surface area contributed by atoms with Gasteiger partial charge in [-0.2, -0.15) is 0 Å². The third-order valence-corrected chi connectivity index (χ3v) is 4.29. The molecule has 1 aromatic carbocycles. The van der Waals surface area contributed by atoms with Crippen molar-refractivity contribution < 1.29 is 17.2 Å². The molecule has 0 fully saturated rings. The number of hydrogen-bond donors (Lipinski definition) is 0. The van der Waals surface area contributed by atoms with E-state index in [-0.39, 0.29) is 16.8 Å². The van der Waals surface area contributed by atoms with Crippen LogP contribution < -0.4 is 0 Å². The molecule has 3 rings (SSSR count). The fourth-order valence-electron chi connectivity index (χ4n) is 2.11. The smallest absolute Gasteiger partial charge is 0.263 e. The molecule has 110 valence electrons. The van der Waals surface area contributed by atoms with Gasteiger partial charge in [0.25, 0.3) is 9.05 Å². The summed E-state index contributed by atoms with van der Waals surface area (Å²) in [5.41, 5.74) is 0.506. The summed E-state index contributed by atoms with van der Waals surface area (Å²) < 4.78 is 43.4. The lowest BCUT2D eigenvalue weighted by molar-refractivity contribution is 0.457. The van der Waals surface area contributed by atoms with Crippen LogP contribution in [-0.4, -0.2) is 23.2 Å². The van der Waals surface area contributed by atoms with Gasteiger partial charge in [-0.25, -0.2) is 12.8 Å². The van der Waals surface area contributed by atoms with Crippen molar-refractivity contribution in [3.63, 3.8) is 0 Å². The van der Waals surface area contributed by atoms with Crippen LogP contribution in [0.25, 0.3) is 10.9 Å². The van der Waals surface area contributed by atoms with Crippen LogP contribution in [0.15, 0.2) is 33.7 Å². The molecule has 21 heavy (non-hydrogen) atoms. The van der Waals surface area contributed by atoms with Crippen LogP contribution in [-0.2, 0) is 15.6 Å². The number of aromatic nitrogens is 3. The first kappa shape index (κ1) is 14.0. The van der Waals surface area contributed by atoms with E-state index in [1.807, 2.05) is 0 Å². The minimum atomic E-state index is -3.99. The molecule has 6 nitrogen and oxygen atoms in total. The third-order valence-electron chi connectivity index (χ3n) is 2.94. The van der Waals surface area contributed by atoms with E-state index in [2.05, 4.69) is 10.2 Å². The van der Waals surface area contributed by atoms with Gasteiger partial charge >= 0.3 is 0 Å². The Hall–Kier alpha value is -1.93. The van der Waals surface area contributed by atoms with Crippen molar-refractivity contribution >= 4 is 30.6 Å². The maximum atomic E-state index is 13.4. The van der Waals surface area contributed by atoms with Crippen molar-refractivity contribution in [2.45, 2.75) is 18.4 Å². The van der Waals surface area contributed by atoms with Gasteiger partial charge in [-0.3, -0.25) is 0 Å². The average molecular weight is 330 g/mol. The number of halogens is 2. The number of benzene rings is 1. The van der Waals surface area contributed by atoms with Crippen molar-refractivity contribution in [2.75, 3.05) is 0 Å². The van der Waals surface area contributed by atoms with Crippen LogP contribution >= 0.6 is 10.7 Å². The largest absolute Gasteiger partial charge is 0.424 e. The topological polar surface area (TPSA) is 78.0 Å². The Labute approximate surface area is 123 Å². The summed E-state index contributed by atoms with van der Waals surface area (Å²) in [6.07, 6.45) is 1.33. The van der Waals surface area contributed by atoms with E-state index in [1.165, 1.54) is 18.3 Å². The van der Waals surface area contributed by atoms with Crippen LogP contribution in [0.2, 0.25) is 0 Å². The molecule has 0 bridgehead atoms. The lowest BCUT2D eigenvalue weighted by atomic mass is 10.2. The Morgan fingerprint density at radius 3 is 2.76 bits per heavy atom. The van der Waals surface area contributed by atoms with Crippen molar-refractivity contribution in [1.29, 1.82) is 0 Å². The maximum absolute atomic E-state index is 13.4. The first-order chi connectivity index (χ1) is 9.84. The lowest BCUT2D eigenvalue weighted by Crippen LogP contribution is -1.98. The lowest BCUT2D eigenvalue weighted by Gasteiger charge is -2.00. The van der Waals surface area contributed by atoms with Gasteiger partial charge in [0, 0.05) is 29.2 Å². The van der Waals surface area contributed by atoms with Gasteiger partial charge in [-0.15, -0.1) is 10.2 Å². The van der Waals surface area contributed by atoms with Crippen LogP contribution in [0.1, 0.15) is 11.8 Å². The highest BCUT2D eigenvalue weighted by Gasteiger charge is 2.20. The SMILES string of the molecule is Cc1nnc(Cn2cc(S(=O)(=O)Cl)c3cc(F)ccc32)o1. The van der Waals surface area contributed by atoms with Crippen molar-refractivity contribution in [3.05, 3.63) is 42.0 Å². The molecule has 3 aromatic rings. The average Bonchev–Trinajstić information content (AvgIpc) is 2.93. The van der Waals surface area contributed by atoms with Crippen LogP contribution in [0.3, 0.4) is 0 Å². The highest BCUT2D eigenvalue weighted by molar-refractivity contribution is 8.14. The molecule has 0 atom stereocenters. The first-order valence-corrected chi connectivity index (χ1v) is 8.17. The number of aryl methyl sites for hydroxylation is 1. The van der Waals surface area contributed by atoms with Crippen LogP contribution in [0.4, 0.5) is 4.39 Å². The predicted molar refractivity (Wildman–Crippen MR) is 73.1 cm³/mol. The van der Waals surface area contributed by atoms with Gasteiger partial charge in [0.05, 0.1) is 5.52 Å². The summed E-state index contributed by atoms with van der Waals surface area (Å²) in [7, 11) is 1.40. The van der Waals surface area contributed by atoms with E-state index < -0.39 is 14.9 Å². The molecule has 0 aliphatic carbocycles. The Morgan fingerprint density at radius 1 is 1.38 bits per heavy atom. The molecule has 0 saturated heterocycles. The van der Waals surface area contributed by atoms with Crippen LogP contribution in [0.5, 0.6) is 0 Å². The molecule has 2 heterocycles. The summed E-state index contributed by atoms with van der Waals surface area (Å²) in [6, 6.07) is 3.84. The summed E-state index contributed by atoms with van der Waals surface area (Å²) in [4.78, 5) is -0.157. The normalized spacial score (nSPS) is 12.1. The second-order valence-electron chi connectivity index (χ2n) is 4.44. The van der Waals surface area contributed by atoms with Gasteiger partial charge in [0.15, 0.2) is 0 Å². The van der Waals surface area contributed by atoms with Crippen molar-refractivity contribution in [2.24, 2.45) is 0 Å². The monoisotopic (exact) mass is 329 g/mol. The maximum Gasteiger partial charge on any atom is 0.263 e. The third kappa shape index (κ3) is 2.64. The molecular formula is C12H9ClFN3O3S. The van der Waals surface area contributed by atoms with Gasteiger partial charge in [-0.05, 0) is 18.2 Å². The molecule has 0 aliphatic rings. The number of rotatable bonds is 3. The molecule has 2 aromatic heterocycles. The zero-order valence-corrected chi connectivity index (χ0v) is 12.3. The Kier molecular flexibility index (Phi) is 3.22. The minimum absolute atomic E-state index is 0.157. The summed E-state index contributed by atoms with van der Waals surface area (Å²) in [5, 5.41) is 7.75. The molecule has 0 aliphatic heterocycles. The van der Waals surface area contributed by atoms with Crippen molar-refractivity contribution in [3.8, 4) is 0 Å². The molecular weight excluding hydrogens is 321 g/mol. The van der Waals surface area contributed by atoms with Gasteiger partial charge in [0.2, 0.25) is 11.8 Å². The van der Waals surface area contributed by atoms with Gasteiger partial charge in [-0.1, -0.05) is 0 Å². The highest BCUT2D eigenvalue weighted by atomic mass is 35.7. The zero-order valence-electron chi connectivity index (χ0n) is 10.7. The molecule has 0 saturated carbocycles. The van der Waals surface area contributed by atoms with Gasteiger partial charge in [0.1, 0.15) is 17.3 Å². The first-order valence-electron chi connectivity index (χ1n) is 5.86. The quantitative estimate of drug-likeness (QED) is 0.690. The Balaban J connectivity index is 2.19. The van der Waals surface area contributed by atoms with E-state index in [0.717, 1.165) is 6.07 Å². The van der Waals surface area contributed by atoms with Gasteiger partial charge < -0.3 is 8.98 Å². The fourth-order valence-corrected chi connectivity index (χ4v) is 3.16. The van der Waals surface area contributed by atoms with E-state index in [0.29, 0.717) is 17.3 Å². The second kappa shape index (κ2) is 4.81. The summed E-state index contributed by atoms with van der Waals surface area (Å²) in [5.74, 6) is 0.167. The molecule has 0 unspecified atom stereocenters. The predicted octanol–water partition coefficient (Wildman–Crippen LogP) is 2.45. The van der Waals surface area contributed by atoms with Crippen LogP contribution in [0, 0.1) is 12.7 Å². The minimum Gasteiger partial charge on any atom is -0.424 e. The zero-order chi connectivity index (χ0) is 15.2. The highest BCUT2D eigenvalue weighted by Crippen LogP contribution is 2.29. The fraction of sp³-hybridized carbons (Fsp3) is 0.167. The Bertz CT molecular complexity index is 933. The summed E-state index contributed by atoms with van der Waals surface area (Å²) in [6.45, 7) is 1.81. The molecule has 9 heteroatoms. The van der Waals surface area contributed by atoms with E-state index in [4.69, 9.17) is 15.1 Å². The second-order valence-corrected chi connectivity index (χ2v) is 6.97. The molecule has 0 radical (unpaired) electrons. The summed E-state index contributed by atoms with van der Waals surface area (Å²) >= 11 is 0. The van der Waals surface area contributed by atoms with Crippen molar-refractivity contribution in [1.82, 2.24) is 14.8 Å². The molecule has 0 N–H and O–H groups in total.